The summed E-state index contributed by atoms with van der Waals surface area (Å²) in [5, 5.41) is 0. The highest BCUT2D eigenvalue weighted by Gasteiger charge is 2.59. The first kappa shape index (κ1) is 9.55. The van der Waals surface area contributed by atoms with Crippen molar-refractivity contribution in [2.24, 2.45) is 5.92 Å². The lowest BCUT2D eigenvalue weighted by molar-refractivity contribution is -0.146. The van der Waals surface area contributed by atoms with Crippen LogP contribution >= 0.6 is 11.8 Å². The van der Waals surface area contributed by atoms with Crippen LogP contribution in [-0.4, -0.2) is 18.1 Å². The second-order valence-corrected chi connectivity index (χ2v) is 3.02. The molecule has 1 aliphatic rings. The number of ether oxygens (including phenoxy) is 1. The lowest BCUT2D eigenvalue weighted by Crippen LogP contribution is -2.37. The monoisotopic (exact) mass is 189 g/mol. The van der Waals surface area contributed by atoms with Crippen LogP contribution in [0.1, 0.15) is 13.3 Å². The largest absolute Gasteiger partial charge is 0.465 e. The van der Waals surface area contributed by atoms with E-state index >= 15 is 0 Å². The van der Waals surface area contributed by atoms with Gasteiger partial charge in [0.1, 0.15) is 5.54 Å². The van der Waals surface area contributed by atoms with Gasteiger partial charge < -0.3 is 4.74 Å². The zero-order valence-corrected chi connectivity index (χ0v) is 7.73. The van der Waals surface area contributed by atoms with Gasteiger partial charge in [-0.15, -0.1) is 6.58 Å². The number of hydrogen-bond donors (Lipinski definition) is 1. The lowest BCUT2D eigenvalue weighted by Gasteiger charge is -2.11. The molecular formula is C8H12ClNO2. The van der Waals surface area contributed by atoms with Gasteiger partial charge in [-0.25, -0.2) is 9.63 Å². The highest BCUT2D eigenvalue weighted by Crippen LogP contribution is 2.45. The zero-order valence-electron chi connectivity index (χ0n) is 6.97. The van der Waals surface area contributed by atoms with E-state index in [1.807, 2.05) is 0 Å². The van der Waals surface area contributed by atoms with Crippen LogP contribution in [0.4, 0.5) is 0 Å². The molecule has 1 rings (SSSR count). The van der Waals surface area contributed by atoms with Crippen LogP contribution in [0.2, 0.25) is 0 Å². The van der Waals surface area contributed by atoms with E-state index in [0.29, 0.717) is 13.0 Å². The molecule has 12 heavy (non-hydrogen) atoms. The molecule has 0 saturated heterocycles. The summed E-state index contributed by atoms with van der Waals surface area (Å²) in [6, 6.07) is 0. The average Bonchev–Trinajstić information content (AvgIpc) is 2.80. The molecule has 2 atom stereocenters. The third-order valence-corrected chi connectivity index (χ3v) is 2.44. The Kier molecular flexibility index (Phi) is 2.75. The van der Waals surface area contributed by atoms with Crippen molar-refractivity contribution < 1.29 is 9.53 Å². The highest BCUT2D eigenvalue weighted by atomic mass is 35.5. The molecule has 1 unspecified atom stereocenters. The van der Waals surface area contributed by atoms with Crippen molar-refractivity contribution in [3.05, 3.63) is 12.7 Å². The van der Waals surface area contributed by atoms with Gasteiger partial charge in [-0.1, -0.05) is 6.08 Å². The third-order valence-electron chi connectivity index (χ3n) is 2.11. The molecule has 0 heterocycles. The van der Waals surface area contributed by atoms with E-state index in [0.717, 1.165) is 0 Å². The molecule has 1 aliphatic carbocycles. The summed E-state index contributed by atoms with van der Waals surface area (Å²) < 4.78 is 4.86. The number of carbonyl (C=O) groups is 1. The van der Waals surface area contributed by atoms with E-state index in [1.165, 1.54) is 0 Å². The second-order valence-electron chi connectivity index (χ2n) is 2.83. The molecule has 1 N–H and O–H groups in total. The average molecular weight is 190 g/mol. The normalized spacial score (nSPS) is 32.7. The van der Waals surface area contributed by atoms with Crippen molar-refractivity contribution in [3.8, 4) is 0 Å². The predicted molar refractivity (Wildman–Crippen MR) is 46.7 cm³/mol. The second kappa shape index (κ2) is 3.46. The minimum atomic E-state index is -0.695. The molecule has 0 aromatic heterocycles. The van der Waals surface area contributed by atoms with Crippen molar-refractivity contribution in [1.29, 1.82) is 0 Å². The highest BCUT2D eigenvalue weighted by molar-refractivity contribution is 6.16. The van der Waals surface area contributed by atoms with Gasteiger partial charge in [0, 0.05) is 5.92 Å². The molecule has 0 spiro atoms. The molecule has 1 fully saturated rings. The molecular weight excluding hydrogens is 178 g/mol. The first-order chi connectivity index (χ1) is 5.71. The number of halogens is 1. The Hall–Kier alpha value is -0.540. The van der Waals surface area contributed by atoms with Gasteiger partial charge in [0.05, 0.1) is 6.61 Å². The molecule has 3 nitrogen and oxygen atoms in total. The van der Waals surface area contributed by atoms with Gasteiger partial charge in [-0.05, 0) is 25.1 Å². The minimum absolute atomic E-state index is 0.106. The van der Waals surface area contributed by atoms with Crippen LogP contribution in [-0.2, 0) is 9.53 Å². The Labute approximate surface area is 76.8 Å². The predicted octanol–water partition coefficient (Wildman–Crippen LogP) is 1.24. The van der Waals surface area contributed by atoms with Crippen LogP contribution in [0.5, 0.6) is 0 Å². The SMILES string of the molecule is C=CC1C[C@]1(NCl)C(=O)OCC. The summed E-state index contributed by atoms with van der Waals surface area (Å²) in [6.07, 6.45) is 2.39. The Morgan fingerprint density at radius 3 is 3.00 bits per heavy atom. The van der Waals surface area contributed by atoms with Crippen molar-refractivity contribution in [2.75, 3.05) is 6.61 Å². The van der Waals surface area contributed by atoms with Crippen molar-refractivity contribution in [2.45, 2.75) is 18.9 Å². The van der Waals surface area contributed by atoms with Gasteiger partial charge in [0.2, 0.25) is 0 Å². The lowest BCUT2D eigenvalue weighted by atomic mass is 10.2. The maximum atomic E-state index is 11.3. The maximum Gasteiger partial charge on any atom is 0.328 e. The van der Waals surface area contributed by atoms with E-state index < -0.39 is 5.54 Å². The van der Waals surface area contributed by atoms with Crippen molar-refractivity contribution in [3.63, 3.8) is 0 Å². The molecule has 0 aliphatic heterocycles. The molecule has 0 amide bonds. The molecule has 1 saturated carbocycles. The fourth-order valence-corrected chi connectivity index (χ4v) is 1.51. The quantitative estimate of drug-likeness (QED) is 0.411. The Morgan fingerprint density at radius 1 is 2.00 bits per heavy atom. The van der Waals surface area contributed by atoms with E-state index in [4.69, 9.17) is 16.5 Å². The van der Waals surface area contributed by atoms with Crippen LogP contribution in [0, 0.1) is 5.92 Å². The van der Waals surface area contributed by atoms with Gasteiger partial charge in [-0.2, -0.15) is 0 Å². The summed E-state index contributed by atoms with van der Waals surface area (Å²) in [4.78, 5) is 13.8. The summed E-state index contributed by atoms with van der Waals surface area (Å²) in [5.41, 5.74) is -0.695. The molecule has 0 aromatic carbocycles. The van der Waals surface area contributed by atoms with Crippen LogP contribution < -0.4 is 4.84 Å². The summed E-state index contributed by atoms with van der Waals surface area (Å²) >= 11 is 5.46. The fraction of sp³-hybridized carbons (Fsp3) is 0.625. The van der Waals surface area contributed by atoms with Gasteiger partial charge in [0.25, 0.3) is 0 Å². The number of esters is 1. The first-order valence-corrected chi connectivity index (χ1v) is 4.26. The van der Waals surface area contributed by atoms with Crippen LogP contribution in [0.15, 0.2) is 12.7 Å². The molecule has 0 bridgehead atoms. The van der Waals surface area contributed by atoms with Crippen LogP contribution in [0.3, 0.4) is 0 Å². The van der Waals surface area contributed by atoms with Gasteiger partial charge >= 0.3 is 5.97 Å². The molecule has 0 aromatic rings. The standard InChI is InChI=1S/C8H12ClNO2/c1-3-6-5-8(6,10-9)7(11)12-4-2/h3,6,10H,1,4-5H2,2H3/t6?,8-/m1/s1. The van der Waals surface area contributed by atoms with Gasteiger partial charge in [-0.3, -0.25) is 0 Å². The number of carbonyl (C=O) groups excluding carboxylic acids is 1. The van der Waals surface area contributed by atoms with E-state index in [1.54, 1.807) is 13.0 Å². The number of hydrogen-bond acceptors (Lipinski definition) is 3. The number of nitrogens with one attached hydrogen (secondary N) is 1. The van der Waals surface area contributed by atoms with Crippen LogP contribution in [0.25, 0.3) is 0 Å². The fourth-order valence-electron chi connectivity index (χ4n) is 1.21. The molecule has 4 heteroatoms. The number of rotatable bonds is 4. The maximum absolute atomic E-state index is 11.3. The van der Waals surface area contributed by atoms with E-state index in [2.05, 4.69) is 11.4 Å². The first-order valence-electron chi connectivity index (χ1n) is 3.89. The summed E-state index contributed by atoms with van der Waals surface area (Å²) in [5.74, 6) is -0.182. The Bertz CT molecular complexity index is 207. The topological polar surface area (TPSA) is 38.3 Å². The molecule has 0 radical (unpaired) electrons. The van der Waals surface area contributed by atoms with Crippen molar-refractivity contribution in [1.82, 2.24) is 4.84 Å². The summed E-state index contributed by atoms with van der Waals surface area (Å²) in [7, 11) is 0. The van der Waals surface area contributed by atoms with E-state index in [-0.39, 0.29) is 11.9 Å². The molecule has 68 valence electrons. The van der Waals surface area contributed by atoms with Gasteiger partial charge in [0.15, 0.2) is 0 Å². The van der Waals surface area contributed by atoms with Crippen molar-refractivity contribution >= 4 is 17.7 Å². The Morgan fingerprint density at radius 2 is 2.67 bits per heavy atom. The summed E-state index contributed by atoms with van der Waals surface area (Å²) in [6.45, 7) is 5.75. The smallest absolute Gasteiger partial charge is 0.328 e. The third kappa shape index (κ3) is 1.34. The Balaban J connectivity index is 2.58. The zero-order chi connectivity index (χ0) is 9.19. The minimum Gasteiger partial charge on any atom is -0.465 e. The van der Waals surface area contributed by atoms with E-state index in [9.17, 15) is 4.79 Å².